The fourth-order valence-electron chi connectivity index (χ4n) is 2.96. The van der Waals surface area contributed by atoms with E-state index in [1.54, 1.807) is 24.3 Å². The molecule has 2 fully saturated rings. The van der Waals surface area contributed by atoms with Crippen molar-refractivity contribution >= 4 is 17.7 Å². The van der Waals surface area contributed by atoms with Crippen molar-refractivity contribution in [1.29, 1.82) is 0 Å². The number of carbonyl (C=O) groups excluding carboxylic acids is 3. The van der Waals surface area contributed by atoms with Gasteiger partial charge < -0.3 is 15.5 Å². The fourth-order valence-corrected chi connectivity index (χ4v) is 2.96. The summed E-state index contributed by atoms with van der Waals surface area (Å²) in [4.78, 5) is 37.8. The van der Waals surface area contributed by atoms with Crippen molar-refractivity contribution in [3.8, 4) is 0 Å². The predicted octanol–water partition coefficient (Wildman–Crippen LogP) is 0.934. The number of rotatable bonds is 5. The average molecular weight is 329 g/mol. The molecule has 0 aromatic heterocycles. The van der Waals surface area contributed by atoms with Crippen LogP contribution in [-0.4, -0.2) is 48.3 Å². The zero-order chi connectivity index (χ0) is 16.9. The van der Waals surface area contributed by atoms with Crippen molar-refractivity contribution in [1.82, 2.24) is 15.5 Å². The van der Waals surface area contributed by atoms with Crippen LogP contribution in [0.2, 0.25) is 0 Å². The van der Waals surface area contributed by atoms with E-state index >= 15 is 0 Å². The molecule has 2 aliphatic rings. The van der Waals surface area contributed by atoms with Gasteiger partial charge >= 0.3 is 0 Å². The van der Waals surface area contributed by atoms with Crippen molar-refractivity contribution in [2.75, 3.05) is 19.6 Å². The first-order chi connectivity index (χ1) is 11.6. The summed E-state index contributed by atoms with van der Waals surface area (Å²) in [5, 5.41) is 5.56. The van der Waals surface area contributed by atoms with E-state index in [-0.39, 0.29) is 36.2 Å². The van der Waals surface area contributed by atoms with Crippen LogP contribution in [0.4, 0.5) is 0 Å². The third kappa shape index (κ3) is 4.34. The average Bonchev–Trinajstić information content (AvgIpc) is 3.45. The minimum Gasteiger partial charge on any atom is -0.352 e. The first-order valence-electron chi connectivity index (χ1n) is 8.55. The quantitative estimate of drug-likeness (QED) is 0.844. The monoisotopic (exact) mass is 329 g/mol. The molecular formula is C18H23N3O3. The molecule has 1 aliphatic heterocycles. The minimum atomic E-state index is -0.254. The molecule has 128 valence electrons. The third-order valence-corrected chi connectivity index (χ3v) is 4.54. The summed E-state index contributed by atoms with van der Waals surface area (Å²) in [5.74, 6) is 0.0843. The molecule has 24 heavy (non-hydrogen) atoms. The Kier molecular flexibility index (Phi) is 5.13. The van der Waals surface area contributed by atoms with E-state index in [1.807, 2.05) is 11.0 Å². The van der Waals surface area contributed by atoms with Gasteiger partial charge in [-0.1, -0.05) is 18.2 Å². The Labute approximate surface area is 141 Å². The molecule has 1 aromatic carbocycles. The van der Waals surface area contributed by atoms with Crippen LogP contribution in [0.1, 0.15) is 36.0 Å². The van der Waals surface area contributed by atoms with Crippen LogP contribution >= 0.6 is 0 Å². The Morgan fingerprint density at radius 2 is 1.67 bits per heavy atom. The summed E-state index contributed by atoms with van der Waals surface area (Å²) in [6.07, 6.45) is 3.60. The number of hydrogen-bond acceptors (Lipinski definition) is 3. The molecule has 2 N–H and O–H groups in total. The molecule has 6 nitrogen and oxygen atoms in total. The zero-order valence-corrected chi connectivity index (χ0v) is 13.7. The molecule has 1 saturated carbocycles. The van der Waals surface area contributed by atoms with Crippen molar-refractivity contribution in [3.05, 3.63) is 35.9 Å². The molecule has 3 amide bonds. The Morgan fingerprint density at radius 3 is 2.29 bits per heavy atom. The summed E-state index contributed by atoms with van der Waals surface area (Å²) >= 11 is 0. The number of carbonyl (C=O) groups is 3. The number of hydrogen-bond donors (Lipinski definition) is 2. The van der Waals surface area contributed by atoms with Crippen molar-refractivity contribution in [3.63, 3.8) is 0 Å². The maximum Gasteiger partial charge on any atom is 0.251 e. The van der Waals surface area contributed by atoms with Gasteiger partial charge in [-0.05, 0) is 37.8 Å². The van der Waals surface area contributed by atoms with Gasteiger partial charge in [0.25, 0.3) is 5.91 Å². The highest BCUT2D eigenvalue weighted by Crippen LogP contribution is 2.31. The van der Waals surface area contributed by atoms with E-state index in [4.69, 9.17) is 0 Å². The molecule has 6 heteroatoms. The Bertz CT molecular complexity index is 605. The molecule has 0 unspecified atom stereocenters. The lowest BCUT2D eigenvalue weighted by Crippen LogP contribution is -2.49. The summed E-state index contributed by atoms with van der Waals surface area (Å²) in [6, 6.07) is 8.90. The number of benzene rings is 1. The minimum absolute atomic E-state index is 0.0328. The van der Waals surface area contributed by atoms with Crippen LogP contribution in [0.15, 0.2) is 30.3 Å². The molecular weight excluding hydrogens is 306 g/mol. The number of likely N-dealkylation sites (tertiary alicyclic amines) is 1. The van der Waals surface area contributed by atoms with Gasteiger partial charge in [-0.2, -0.15) is 0 Å². The van der Waals surface area contributed by atoms with E-state index in [2.05, 4.69) is 10.6 Å². The van der Waals surface area contributed by atoms with Crippen molar-refractivity contribution in [2.24, 2.45) is 5.92 Å². The summed E-state index contributed by atoms with van der Waals surface area (Å²) in [6.45, 7) is 1.38. The van der Waals surface area contributed by atoms with E-state index in [1.165, 1.54) is 0 Å². The van der Waals surface area contributed by atoms with Gasteiger partial charge in [0.1, 0.15) is 0 Å². The summed E-state index contributed by atoms with van der Waals surface area (Å²) in [7, 11) is 0. The van der Waals surface area contributed by atoms with Crippen LogP contribution in [0.25, 0.3) is 0 Å². The lowest BCUT2D eigenvalue weighted by atomic mass is 10.0. The van der Waals surface area contributed by atoms with Gasteiger partial charge in [0.05, 0.1) is 6.54 Å². The second kappa shape index (κ2) is 7.47. The first kappa shape index (κ1) is 16.5. The van der Waals surface area contributed by atoms with Crippen LogP contribution in [0.5, 0.6) is 0 Å². The number of amides is 3. The molecule has 1 saturated heterocycles. The normalized spacial score (nSPS) is 18.1. The van der Waals surface area contributed by atoms with E-state index in [9.17, 15) is 14.4 Å². The Hall–Kier alpha value is -2.37. The maximum atomic E-state index is 12.0. The van der Waals surface area contributed by atoms with Gasteiger partial charge in [0.15, 0.2) is 0 Å². The highest BCUT2D eigenvalue weighted by atomic mass is 16.2. The number of piperidine rings is 1. The largest absolute Gasteiger partial charge is 0.352 e. The Balaban J connectivity index is 1.36. The standard InChI is InChI=1S/C18H23N3O3/c22-16(12-19-17(23)13-4-2-1-3-5-13)20-15-8-10-21(11-9-15)18(24)14-6-7-14/h1-5,14-15H,6-12H2,(H,19,23)(H,20,22). The van der Waals surface area contributed by atoms with E-state index in [0.717, 1.165) is 25.7 Å². The molecule has 0 radical (unpaired) electrons. The van der Waals surface area contributed by atoms with Crippen molar-refractivity contribution in [2.45, 2.75) is 31.7 Å². The van der Waals surface area contributed by atoms with Crippen LogP contribution < -0.4 is 10.6 Å². The second-order valence-electron chi connectivity index (χ2n) is 6.49. The molecule has 1 aromatic rings. The maximum absolute atomic E-state index is 12.0. The van der Waals surface area contributed by atoms with Gasteiger partial charge in [-0.25, -0.2) is 0 Å². The van der Waals surface area contributed by atoms with E-state index in [0.29, 0.717) is 18.7 Å². The highest BCUT2D eigenvalue weighted by Gasteiger charge is 2.35. The topological polar surface area (TPSA) is 78.5 Å². The van der Waals surface area contributed by atoms with Crippen LogP contribution in [-0.2, 0) is 9.59 Å². The predicted molar refractivity (Wildman–Crippen MR) is 89.2 cm³/mol. The van der Waals surface area contributed by atoms with Crippen LogP contribution in [0, 0.1) is 5.92 Å². The van der Waals surface area contributed by atoms with Gasteiger partial charge in [0, 0.05) is 30.6 Å². The number of nitrogens with one attached hydrogen (secondary N) is 2. The summed E-state index contributed by atoms with van der Waals surface area (Å²) < 4.78 is 0. The lowest BCUT2D eigenvalue weighted by molar-refractivity contribution is -0.133. The molecule has 1 heterocycles. The SMILES string of the molecule is O=C(CNC(=O)c1ccccc1)NC1CCN(C(=O)C2CC2)CC1. The van der Waals surface area contributed by atoms with Gasteiger partial charge in [-0.15, -0.1) is 0 Å². The highest BCUT2D eigenvalue weighted by molar-refractivity contribution is 5.96. The fraction of sp³-hybridized carbons (Fsp3) is 0.500. The number of nitrogens with zero attached hydrogens (tertiary/aromatic N) is 1. The molecule has 0 bridgehead atoms. The molecule has 0 spiro atoms. The lowest BCUT2D eigenvalue weighted by Gasteiger charge is -2.32. The Morgan fingerprint density at radius 1 is 1.00 bits per heavy atom. The van der Waals surface area contributed by atoms with Crippen molar-refractivity contribution < 1.29 is 14.4 Å². The molecule has 0 atom stereocenters. The van der Waals surface area contributed by atoms with Crippen LogP contribution in [0.3, 0.4) is 0 Å². The zero-order valence-electron chi connectivity index (χ0n) is 13.7. The third-order valence-electron chi connectivity index (χ3n) is 4.54. The first-order valence-corrected chi connectivity index (χ1v) is 8.55. The summed E-state index contributed by atoms with van der Waals surface area (Å²) in [5.41, 5.74) is 0.539. The van der Waals surface area contributed by atoms with E-state index < -0.39 is 0 Å². The smallest absolute Gasteiger partial charge is 0.251 e. The van der Waals surface area contributed by atoms with Gasteiger partial charge in [0.2, 0.25) is 11.8 Å². The molecule has 3 rings (SSSR count). The second-order valence-corrected chi connectivity index (χ2v) is 6.49. The molecule has 1 aliphatic carbocycles. The van der Waals surface area contributed by atoms with Gasteiger partial charge in [-0.3, -0.25) is 14.4 Å².